The fourth-order valence-electron chi connectivity index (χ4n) is 4.92. The maximum Gasteiger partial charge on any atom is 0.242 e. The van der Waals surface area contributed by atoms with Crippen LogP contribution in [0.5, 0.6) is 17.2 Å². The lowest BCUT2D eigenvalue weighted by Gasteiger charge is -2.19. The third-order valence-electron chi connectivity index (χ3n) is 6.78. The summed E-state index contributed by atoms with van der Waals surface area (Å²) in [5.74, 6) is 1.76. The van der Waals surface area contributed by atoms with E-state index in [2.05, 4.69) is 16.0 Å². The summed E-state index contributed by atoms with van der Waals surface area (Å²) in [5, 5.41) is 9.03. The highest BCUT2D eigenvalue weighted by molar-refractivity contribution is 7.98. The summed E-state index contributed by atoms with van der Waals surface area (Å²) in [6.07, 6.45) is 3.66. The van der Waals surface area contributed by atoms with Crippen molar-refractivity contribution in [3.63, 3.8) is 0 Å². The Kier molecular flexibility index (Phi) is 11.5. The van der Waals surface area contributed by atoms with E-state index in [1.165, 1.54) is 13.0 Å². The monoisotopic (exact) mass is 573 g/mol. The van der Waals surface area contributed by atoms with Gasteiger partial charge in [-0.3, -0.25) is 14.4 Å². The summed E-state index contributed by atoms with van der Waals surface area (Å²) in [5.41, 5.74) is 3.07. The summed E-state index contributed by atoms with van der Waals surface area (Å²) in [6.45, 7) is 2.21. The number of hydrogen-bond donors (Lipinski definition) is 3. The van der Waals surface area contributed by atoms with Gasteiger partial charge in [0.2, 0.25) is 23.0 Å². The lowest BCUT2D eigenvalue weighted by molar-refractivity contribution is -0.122. The summed E-state index contributed by atoms with van der Waals surface area (Å²) in [7, 11) is 6.23. The molecule has 0 aromatic heterocycles. The van der Waals surface area contributed by atoms with Crippen molar-refractivity contribution in [3.05, 3.63) is 45.6 Å². The Morgan fingerprint density at radius 1 is 1.07 bits per heavy atom. The minimum atomic E-state index is -0.614. The Hall–Kier alpha value is -3.44. The second-order valence-electron chi connectivity index (χ2n) is 9.36. The summed E-state index contributed by atoms with van der Waals surface area (Å²) in [4.78, 5) is 38.7. The lowest BCUT2D eigenvalue weighted by atomic mass is 9.95. The van der Waals surface area contributed by atoms with Crippen molar-refractivity contribution >= 4 is 29.3 Å². The van der Waals surface area contributed by atoms with Gasteiger partial charge in [0.25, 0.3) is 0 Å². The topological polar surface area (TPSA) is 124 Å². The van der Waals surface area contributed by atoms with Crippen LogP contribution in [0.2, 0.25) is 0 Å². The van der Waals surface area contributed by atoms with E-state index in [0.717, 1.165) is 22.4 Å². The predicted octanol–water partition coefficient (Wildman–Crippen LogP) is 3.16. The Labute approximate surface area is 239 Å². The van der Waals surface area contributed by atoms with Gasteiger partial charge in [-0.2, -0.15) is 11.8 Å². The average molecular weight is 574 g/mol. The van der Waals surface area contributed by atoms with E-state index in [0.29, 0.717) is 55.2 Å². The maximum absolute atomic E-state index is 13.6. The molecular weight excluding hydrogens is 534 g/mol. The zero-order valence-corrected chi connectivity index (χ0v) is 24.8. The SMILES string of the molecule is COCCNC(=O)[C@H](CCSC)Nc1ccc2c(cc1=O)[C@@H](NC(C)=O)CCc1cc(OC)c(OC)c(OC)c1-2. The number of methoxy groups -OCH3 is 4. The maximum atomic E-state index is 13.6. The first-order chi connectivity index (χ1) is 19.3. The molecule has 1 aliphatic carbocycles. The molecule has 40 heavy (non-hydrogen) atoms. The minimum Gasteiger partial charge on any atom is -0.493 e. The fraction of sp³-hybridized carbons (Fsp3) is 0.483. The van der Waals surface area contributed by atoms with Gasteiger partial charge >= 0.3 is 0 Å². The van der Waals surface area contributed by atoms with Crippen LogP contribution in [0.15, 0.2) is 29.1 Å². The highest BCUT2D eigenvalue weighted by Gasteiger charge is 2.29. The van der Waals surface area contributed by atoms with E-state index in [1.54, 1.807) is 46.3 Å². The Bertz CT molecular complexity index is 1270. The van der Waals surface area contributed by atoms with E-state index < -0.39 is 12.1 Å². The van der Waals surface area contributed by atoms with E-state index in [4.69, 9.17) is 18.9 Å². The molecule has 0 unspecified atom stereocenters. The van der Waals surface area contributed by atoms with E-state index in [1.807, 2.05) is 18.4 Å². The number of carbonyl (C=O) groups is 2. The molecule has 11 heteroatoms. The van der Waals surface area contributed by atoms with Gasteiger partial charge in [0.15, 0.2) is 11.5 Å². The third kappa shape index (κ3) is 7.19. The van der Waals surface area contributed by atoms with Crippen LogP contribution in [0, 0.1) is 0 Å². The van der Waals surface area contributed by atoms with Crippen LogP contribution in [-0.2, 0) is 20.7 Å². The first-order valence-corrected chi connectivity index (χ1v) is 14.5. The molecule has 2 amide bonds. The number of nitrogens with one attached hydrogen (secondary N) is 3. The molecular formula is C29H39N3O7S. The molecule has 10 nitrogen and oxygen atoms in total. The van der Waals surface area contributed by atoms with Crippen molar-refractivity contribution < 1.29 is 28.5 Å². The molecule has 0 heterocycles. The minimum absolute atomic E-state index is 0.203. The number of rotatable bonds is 13. The highest BCUT2D eigenvalue weighted by Crippen LogP contribution is 2.50. The van der Waals surface area contributed by atoms with Gasteiger partial charge in [-0.15, -0.1) is 0 Å². The summed E-state index contributed by atoms with van der Waals surface area (Å²) >= 11 is 1.62. The van der Waals surface area contributed by atoms with Crippen LogP contribution in [0.3, 0.4) is 0 Å². The molecule has 218 valence electrons. The number of hydrogen-bond acceptors (Lipinski definition) is 9. The molecule has 0 aliphatic heterocycles. The standard InChI is InChI=1S/C29H39N3O7S/c1-17(33)31-21-9-7-18-15-25(37-3)27(38-4)28(39-5)26(18)19-8-10-22(24(34)16-20(19)21)32-23(11-14-40-6)29(35)30-12-13-36-2/h8,10,15-16,21,23H,7,9,11-14H2,1-6H3,(H,30,35)(H,31,33)(H,32,34)/t21-,23-/m0/s1. The first kappa shape index (κ1) is 31.1. The molecule has 2 aromatic rings. The lowest BCUT2D eigenvalue weighted by Crippen LogP contribution is -2.42. The Morgan fingerprint density at radius 3 is 2.45 bits per heavy atom. The van der Waals surface area contributed by atoms with Crippen LogP contribution in [0.1, 0.15) is 36.9 Å². The molecule has 1 aliphatic rings. The quantitative estimate of drug-likeness (QED) is 0.310. The van der Waals surface area contributed by atoms with E-state index >= 15 is 0 Å². The number of thioether (sulfide) groups is 1. The van der Waals surface area contributed by atoms with Gasteiger partial charge in [-0.05, 0) is 66.2 Å². The number of fused-ring (bicyclic) bond motifs is 3. The van der Waals surface area contributed by atoms with Crippen LogP contribution in [-0.4, -0.2) is 71.5 Å². The van der Waals surface area contributed by atoms with Crippen molar-refractivity contribution in [2.45, 2.75) is 38.3 Å². The van der Waals surface area contributed by atoms with Gasteiger partial charge in [0.1, 0.15) is 6.04 Å². The van der Waals surface area contributed by atoms with Gasteiger partial charge in [0, 0.05) is 26.1 Å². The first-order valence-electron chi connectivity index (χ1n) is 13.1. The largest absolute Gasteiger partial charge is 0.493 e. The van der Waals surface area contributed by atoms with Crippen LogP contribution < -0.4 is 35.6 Å². The third-order valence-corrected chi connectivity index (χ3v) is 7.42. The number of anilines is 1. The fourth-order valence-corrected chi connectivity index (χ4v) is 5.39. The van der Waals surface area contributed by atoms with Gasteiger partial charge in [0.05, 0.1) is 39.7 Å². The van der Waals surface area contributed by atoms with Gasteiger partial charge < -0.3 is 34.9 Å². The molecule has 2 aromatic carbocycles. The zero-order chi connectivity index (χ0) is 29.2. The van der Waals surface area contributed by atoms with E-state index in [-0.39, 0.29) is 22.9 Å². The van der Waals surface area contributed by atoms with Crippen molar-refractivity contribution in [1.29, 1.82) is 0 Å². The molecule has 2 atom stereocenters. The van der Waals surface area contributed by atoms with Gasteiger partial charge in [-0.1, -0.05) is 6.07 Å². The average Bonchev–Trinajstić information content (AvgIpc) is 3.18. The Morgan fingerprint density at radius 2 is 1.82 bits per heavy atom. The molecule has 3 rings (SSSR count). The van der Waals surface area contributed by atoms with Crippen LogP contribution in [0.4, 0.5) is 5.69 Å². The number of aryl methyl sites for hydroxylation is 1. The summed E-state index contributed by atoms with van der Waals surface area (Å²) < 4.78 is 22.1. The van der Waals surface area contributed by atoms with E-state index in [9.17, 15) is 14.4 Å². The van der Waals surface area contributed by atoms with Crippen molar-refractivity contribution in [1.82, 2.24) is 10.6 Å². The predicted molar refractivity (Wildman–Crippen MR) is 158 cm³/mol. The number of benzene rings is 1. The number of carbonyl (C=O) groups excluding carboxylic acids is 2. The van der Waals surface area contributed by atoms with Gasteiger partial charge in [-0.25, -0.2) is 0 Å². The molecule has 0 saturated heterocycles. The molecule has 0 saturated carbocycles. The van der Waals surface area contributed by atoms with Crippen molar-refractivity contribution in [3.8, 4) is 28.4 Å². The smallest absolute Gasteiger partial charge is 0.242 e. The molecule has 0 spiro atoms. The second kappa shape index (κ2) is 14.8. The molecule has 0 bridgehead atoms. The number of amides is 2. The van der Waals surface area contributed by atoms with Crippen LogP contribution >= 0.6 is 11.8 Å². The molecule has 3 N–H and O–H groups in total. The number of ether oxygens (including phenoxy) is 4. The zero-order valence-electron chi connectivity index (χ0n) is 24.0. The Balaban J connectivity index is 2.19. The van der Waals surface area contributed by atoms with Crippen molar-refractivity contribution in [2.24, 2.45) is 0 Å². The molecule has 0 radical (unpaired) electrons. The molecule has 0 fully saturated rings. The normalized spacial score (nSPS) is 14.6. The second-order valence-corrected chi connectivity index (χ2v) is 10.3. The van der Waals surface area contributed by atoms with Crippen LogP contribution in [0.25, 0.3) is 11.1 Å². The highest BCUT2D eigenvalue weighted by atomic mass is 32.2. The summed E-state index contributed by atoms with van der Waals surface area (Å²) in [6, 6.07) is 5.93. The van der Waals surface area contributed by atoms with Crippen molar-refractivity contribution in [2.75, 3.05) is 58.9 Å².